The van der Waals surface area contributed by atoms with Crippen molar-refractivity contribution in [2.24, 2.45) is 0 Å². The van der Waals surface area contributed by atoms with Gasteiger partial charge in [0.25, 0.3) is 0 Å². The Labute approximate surface area is 136 Å². The van der Waals surface area contributed by atoms with Crippen LogP contribution in [0.25, 0.3) is 0 Å². The molecule has 1 unspecified atom stereocenters. The summed E-state index contributed by atoms with van der Waals surface area (Å²) in [6, 6.07) is 10.6. The van der Waals surface area contributed by atoms with E-state index in [0.717, 1.165) is 15.8 Å². The van der Waals surface area contributed by atoms with Gasteiger partial charge in [-0.1, -0.05) is 51.3 Å². The Balaban J connectivity index is 2.32. The maximum Gasteiger partial charge on any atom is 0.120 e. The van der Waals surface area contributed by atoms with Gasteiger partial charge in [-0.3, -0.25) is 0 Å². The van der Waals surface area contributed by atoms with Crippen LogP contribution in [0.4, 0.5) is 0 Å². The molecular weight excluding hydrogens is 363 g/mol. The first kappa shape index (κ1) is 15.6. The number of rotatable bonds is 4. The van der Waals surface area contributed by atoms with Crippen molar-refractivity contribution in [1.29, 1.82) is 0 Å². The molecule has 2 aromatic rings. The molecule has 5 heteroatoms. The summed E-state index contributed by atoms with van der Waals surface area (Å²) in [6.07, 6.45) is -0.783. The summed E-state index contributed by atoms with van der Waals surface area (Å²) in [4.78, 5) is 0. The number of ether oxygens (including phenoxy) is 1. The lowest BCUT2D eigenvalue weighted by Gasteiger charge is -2.15. The number of aliphatic hydroxyl groups is 1. The van der Waals surface area contributed by atoms with E-state index < -0.39 is 6.10 Å². The normalized spacial score (nSPS) is 12.2. The van der Waals surface area contributed by atoms with Gasteiger partial charge in [-0.15, -0.1) is 0 Å². The number of hydrogen-bond acceptors (Lipinski definition) is 2. The van der Waals surface area contributed by atoms with Crippen molar-refractivity contribution in [3.63, 3.8) is 0 Å². The van der Waals surface area contributed by atoms with Crippen LogP contribution in [0.2, 0.25) is 10.0 Å². The molecule has 0 saturated carbocycles. The van der Waals surface area contributed by atoms with E-state index in [-0.39, 0.29) is 0 Å². The monoisotopic (exact) mass is 374 g/mol. The van der Waals surface area contributed by atoms with Crippen LogP contribution in [0.15, 0.2) is 40.9 Å². The smallest absolute Gasteiger partial charge is 0.120 e. The largest absolute Gasteiger partial charge is 0.494 e. The molecule has 20 heavy (non-hydrogen) atoms. The standard InChI is InChI=1S/C15H13BrCl2O2/c1-2-20-10-4-5-11(12(16)8-10)15(19)9-3-6-13(17)14(18)7-9/h3-8,15,19H,2H2,1H3. The van der Waals surface area contributed by atoms with Gasteiger partial charge in [0.15, 0.2) is 0 Å². The van der Waals surface area contributed by atoms with Crippen molar-refractivity contribution in [3.8, 4) is 5.75 Å². The van der Waals surface area contributed by atoms with Crippen LogP contribution in [0.5, 0.6) is 5.75 Å². The summed E-state index contributed by atoms with van der Waals surface area (Å²) >= 11 is 15.3. The van der Waals surface area contributed by atoms with E-state index in [1.165, 1.54) is 0 Å². The second-order valence-electron chi connectivity index (χ2n) is 4.19. The molecule has 0 saturated heterocycles. The molecular formula is C15H13BrCl2O2. The van der Waals surface area contributed by atoms with Gasteiger partial charge in [-0.05, 0) is 42.3 Å². The SMILES string of the molecule is CCOc1ccc(C(O)c2ccc(Cl)c(Cl)c2)c(Br)c1. The summed E-state index contributed by atoms with van der Waals surface area (Å²) in [5.41, 5.74) is 1.43. The van der Waals surface area contributed by atoms with Gasteiger partial charge in [-0.25, -0.2) is 0 Å². The van der Waals surface area contributed by atoms with E-state index in [0.29, 0.717) is 22.2 Å². The predicted octanol–water partition coefficient (Wildman–Crippen LogP) is 5.24. The number of benzene rings is 2. The maximum absolute atomic E-state index is 10.4. The Bertz CT molecular complexity index is 617. The fourth-order valence-electron chi connectivity index (χ4n) is 1.85. The Morgan fingerprint density at radius 2 is 1.90 bits per heavy atom. The zero-order chi connectivity index (χ0) is 14.7. The minimum Gasteiger partial charge on any atom is -0.494 e. The molecule has 0 fully saturated rings. The van der Waals surface area contributed by atoms with Crippen molar-refractivity contribution >= 4 is 39.1 Å². The van der Waals surface area contributed by atoms with Crippen LogP contribution < -0.4 is 4.74 Å². The molecule has 106 valence electrons. The Hall–Kier alpha value is -0.740. The van der Waals surface area contributed by atoms with Crippen molar-refractivity contribution in [2.45, 2.75) is 13.0 Å². The molecule has 1 atom stereocenters. The summed E-state index contributed by atoms with van der Waals surface area (Å²) in [5.74, 6) is 0.754. The van der Waals surface area contributed by atoms with E-state index in [2.05, 4.69) is 15.9 Å². The molecule has 0 amide bonds. The summed E-state index contributed by atoms with van der Waals surface area (Å²) in [5, 5.41) is 11.3. The van der Waals surface area contributed by atoms with Gasteiger partial charge in [0, 0.05) is 4.47 Å². The lowest BCUT2D eigenvalue weighted by molar-refractivity contribution is 0.219. The second-order valence-corrected chi connectivity index (χ2v) is 5.86. The third-order valence-electron chi connectivity index (χ3n) is 2.84. The van der Waals surface area contributed by atoms with Gasteiger partial charge in [0.2, 0.25) is 0 Å². The second kappa shape index (κ2) is 6.81. The first-order valence-electron chi connectivity index (χ1n) is 6.08. The third kappa shape index (κ3) is 3.47. The van der Waals surface area contributed by atoms with Crippen molar-refractivity contribution in [1.82, 2.24) is 0 Å². The van der Waals surface area contributed by atoms with Gasteiger partial charge in [0.1, 0.15) is 11.9 Å². The fraction of sp³-hybridized carbons (Fsp3) is 0.200. The fourth-order valence-corrected chi connectivity index (χ4v) is 2.73. The minimum atomic E-state index is -0.783. The highest BCUT2D eigenvalue weighted by Gasteiger charge is 2.15. The molecule has 2 aromatic carbocycles. The van der Waals surface area contributed by atoms with E-state index in [9.17, 15) is 5.11 Å². The van der Waals surface area contributed by atoms with E-state index in [1.807, 2.05) is 25.1 Å². The maximum atomic E-state index is 10.4. The van der Waals surface area contributed by atoms with Crippen molar-refractivity contribution < 1.29 is 9.84 Å². The zero-order valence-electron chi connectivity index (χ0n) is 10.7. The van der Waals surface area contributed by atoms with Crippen molar-refractivity contribution in [3.05, 3.63) is 62.0 Å². The average Bonchev–Trinajstić information content (AvgIpc) is 2.42. The molecule has 2 nitrogen and oxygen atoms in total. The lowest BCUT2D eigenvalue weighted by Crippen LogP contribution is -2.01. The summed E-state index contributed by atoms with van der Waals surface area (Å²) in [7, 11) is 0. The Morgan fingerprint density at radius 3 is 2.50 bits per heavy atom. The Morgan fingerprint density at radius 1 is 1.15 bits per heavy atom. The minimum absolute atomic E-state index is 0.422. The molecule has 0 heterocycles. The summed E-state index contributed by atoms with van der Waals surface area (Å²) < 4.78 is 6.19. The van der Waals surface area contributed by atoms with Gasteiger partial charge in [-0.2, -0.15) is 0 Å². The summed E-state index contributed by atoms with van der Waals surface area (Å²) in [6.45, 7) is 2.52. The quantitative estimate of drug-likeness (QED) is 0.792. The molecule has 0 aliphatic heterocycles. The van der Waals surface area contributed by atoms with E-state index in [1.54, 1.807) is 18.2 Å². The molecule has 0 radical (unpaired) electrons. The molecule has 0 aliphatic carbocycles. The molecule has 1 N–H and O–H groups in total. The van der Waals surface area contributed by atoms with Gasteiger partial charge >= 0.3 is 0 Å². The van der Waals surface area contributed by atoms with Crippen LogP contribution in [-0.4, -0.2) is 11.7 Å². The number of hydrogen-bond donors (Lipinski definition) is 1. The van der Waals surface area contributed by atoms with Crippen LogP contribution in [0, 0.1) is 0 Å². The van der Waals surface area contributed by atoms with Crippen LogP contribution in [-0.2, 0) is 0 Å². The topological polar surface area (TPSA) is 29.5 Å². The van der Waals surface area contributed by atoms with Crippen LogP contribution in [0.3, 0.4) is 0 Å². The number of aliphatic hydroxyl groups excluding tert-OH is 1. The highest BCUT2D eigenvalue weighted by molar-refractivity contribution is 9.10. The lowest BCUT2D eigenvalue weighted by atomic mass is 10.0. The van der Waals surface area contributed by atoms with E-state index in [4.69, 9.17) is 27.9 Å². The third-order valence-corrected chi connectivity index (χ3v) is 4.26. The predicted molar refractivity (Wildman–Crippen MR) is 85.8 cm³/mol. The number of halogens is 3. The molecule has 0 aromatic heterocycles. The first-order valence-corrected chi connectivity index (χ1v) is 7.63. The average molecular weight is 376 g/mol. The van der Waals surface area contributed by atoms with E-state index >= 15 is 0 Å². The van der Waals surface area contributed by atoms with Crippen molar-refractivity contribution in [2.75, 3.05) is 6.61 Å². The van der Waals surface area contributed by atoms with Crippen LogP contribution >= 0.6 is 39.1 Å². The highest BCUT2D eigenvalue weighted by Crippen LogP contribution is 2.33. The van der Waals surface area contributed by atoms with Gasteiger partial charge < -0.3 is 9.84 Å². The first-order chi connectivity index (χ1) is 9.52. The van der Waals surface area contributed by atoms with Crippen LogP contribution in [0.1, 0.15) is 24.2 Å². The van der Waals surface area contributed by atoms with Gasteiger partial charge in [0.05, 0.1) is 16.7 Å². The molecule has 0 bridgehead atoms. The Kier molecular flexibility index (Phi) is 5.33. The molecule has 0 aliphatic rings. The molecule has 0 spiro atoms. The highest BCUT2D eigenvalue weighted by atomic mass is 79.9. The molecule has 2 rings (SSSR count). The zero-order valence-corrected chi connectivity index (χ0v) is 13.8.